The van der Waals surface area contributed by atoms with E-state index >= 15 is 0 Å². The normalized spacial score (nSPS) is 9.92. The zero-order chi connectivity index (χ0) is 9.30. The number of H-pyrrole nitrogens is 1. The molecular formula is C6H9ClN4S. The van der Waals surface area contributed by atoms with Gasteiger partial charge in [-0.1, -0.05) is 11.6 Å². The molecule has 0 radical (unpaired) electrons. The average molecular weight is 205 g/mol. The van der Waals surface area contributed by atoms with Crippen LogP contribution in [0.1, 0.15) is 0 Å². The van der Waals surface area contributed by atoms with Crippen molar-refractivity contribution in [2.24, 2.45) is 0 Å². The molecule has 66 valence electrons. The van der Waals surface area contributed by atoms with E-state index in [1.807, 2.05) is 14.1 Å². The zero-order valence-electron chi connectivity index (χ0n) is 6.76. The van der Waals surface area contributed by atoms with Crippen LogP contribution in [0.4, 0.5) is 11.6 Å². The van der Waals surface area contributed by atoms with Gasteiger partial charge in [0.25, 0.3) is 0 Å². The fraction of sp³-hybridized carbons (Fsp3) is 0.333. The number of rotatable bonds is 1. The third-order valence-electron chi connectivity index (χ3n) is 1.31. The van der Waals surface area contributed by atoms with Gasteiger partial charge in [0.1, 0.15) is 10.8 Å². The van der Waals surface area contributed by atoms with Gasteiger partial charge in [0, 0.05) is 14.1 Å². The fourth-order valence-corrected chi connectivity index (χ4v) is 1.22. The van der Waals surface area contributed by atoms with E-state index in [4.69, 9.17) is 29.6 Å². The summed E-state index contributed by atoms with van der Waals surface area (Å²) in [5, 5.41) is 0.397. The summed E-state index contributed by atoms with van der Waals surface area (Å²) in [6.45, 7) is 0. The molecule has 0 saturated carbocycles. The maximum atomic E-state index is 5.85. The van der Waals surface area contributed by atoms with Gasteiger partial charge in [0.05, 0.1) is 0 Å². The SMILES string of the molecule is CN(C)c1nc(=S)[nH]c(N)c1Cl. The molecule has 0 fully saturated rings. The van der Waals surface area contributed by atoms with Crippen LogP contribution < -0.4 is 10.6 Å². The number of hydrogen-bond donors (Lipinski definition) is 2. The molecule has 0 spiro atoms. The highest BCUT2D eigenvalue weighted by atomic mass is 35.5. The van der Waals surface area contributed by atoms with Crippen molar-refractivity contribution in [3.05, 3.63) is 9.79 Å². The molecule has 0 aliphatic heterocycles. The van der Waals surface area contributed by atoms with Crippen molar-refractivity contribution in [3.8, 4) is 0 Å². The van der Waals surface area contributed by atoms with Gasteiger partial charge in [-0.2, -0.15) is 0 Å². The molecule has 0 aliphatic carbocycles. The van der Waals surface area contributed by atoms with Crippen molar-refractivity contribution in [3.63, 3.8) is 0 Å². The first-order valence-corrected chi connectivity index (χ1v) is 4.03. The predicted molar refractivity (Wildman–Crippen MR) is 53.2 cm³/mol. The van der Waals surface area contributed by atoms with Crippen molar-refractivity contribution in [1.29, 1.82) is 0 Å². The van der Waals surface area contributed by atoms with E-state index in [0.717, 1.165) is 0 Å². The Hall–Kier alpha value is -0.810. The second-order valence-corrected chi connectivity index (χ2v) is 3.25. The number of halogens is 1. The first-order chi connectivity index (χ1) is 5.52. The first kappa shape index (κ1) is 9.28. The average Bonchev–Trinajstić information content (AvgIpc) is 1.96. The van der Waals surface area contributed by atoms with Crippen molar-refractivity contribution >= 4 is 35.5 Å². The molecule has 1 aromatic heterocycles. The molecule has 0 bridgehead atoms. The molecule has 0 saturated heterocycles. The minimum atomic E-state index is 0.334. The van der Waals surface area contributed by atoms with E-state index in [0.29, 0.717) is 21.4 Å². The second-order valence-electron chi connectivity index (χ2n) is 2.49. The number of aromatic nitrogens is 2. The van der Waals surface area contributed by atoms with Crippen LogP contribution >= 0.6 is 23.8 Å². The van der Waals surface area contributed by atoms with E-state index in [-0.39, 0.29) is 0 Å². The molecule has 0 unspecified atom stereocenters. The number of anilines is 2. The van der Waals surface area contributed by atoms with Crippen molar-refractivity contribution in [2.45, 2.75) is 0 Å². The third-order valence-corrected chi connectivity index (χ3v) is 1.87. The minimum Gasteiger partial charge on any atom is -0.384 e. The molecule has 1 aromatic rings. The zero-order valence-corrected chi connectivity index (χ0v) is 8.33. The van der Waals surface area contributed by atoms with Crippen LogP contribution in [0.3, 0.4) is 0 Å². The summed E-state index contributed by atoms with van der Waals surface area (Å²) in [6.07, 6.45) is 0. The maximum absolute atomic E-state index is 5.85. The Balaban J connectivity index is 3.38. The minimum absolute atomic E-state index is 0.334. The summed E-state index contributed by atoms with van der Waals surface area (Å²) in [5.41, 5.74) is 5.54. The monoisotopic (exact) mass is 204 g/mol. The van der Waals surface area contributed by atoms with E-state index in [1.165, 1.54) is 0 Å². The van der Waals surface area contributed by atoms with Gasteiger partial charge in [-0.3, -0.25) is 0 Å². The highest BCUT2D eigenvalue weighted by molar-refractivity contribution is 7.71. The highest BCUT2D eigenvalue weighted by Crippen LogP contribution is 2.25. The van der Waals surface area contributed by atoms with E-state index in [1.54, 1.807) is 4.90 Å². The predicted octanol–water partition coefficient (Wildman–Crippen LogP) is 1.44. The molecule has 0 aliphatic rings. The molecule has 3 N–H and O–H groups in total. The van der Waals surface area contributed by atoms with E-state index in [9.17, 15) is 0 Å². The van der Waals surface area contributed by atoms with Crippen molar-refractivity contribution in [1.82, 2.24) is 9.97 Å². The Labute approximate surface area is 80.4 Å². The Morgan fingerprint density at radius 2 is 2.17 bits per heavy atom. The number of aromatic amines is 1. The lowest BCUT2D eigenvalue weighted by Crippen LogP contribution is -2.13. The van der Waals surface area contributed by atoms with Crippen LogP contribution in [0.5, 0.6) is 0 Å². The number of hydrogen-bond acceptors (Lipinski definition) is 4. The number of nitrogen functional groups attached to an aromatic ring is 1. The van der Waals surface area contributed by atoms with Gasteiger partial charge in [0.2, 0.25) is 0 Å². The second kappa shape index (κ2) is 3.28. The van der Waals surface area contributed by atoms with Crippen LogP contribution in [0, 0.1) is 4.77 Å². The van der Waals surface area contributed by atoms with Gasteiger partial charge in [-0.25, -0.2) is 4.98 Å². The van der Waals surface area contributed by atoms with Gasteiger partial charge in [0.15, 0.2) is 10.6 Å². The summed E-state index contributed by atoms with van der Waals surface area (Å²) in [5.74, 6) is 0.929. The number of nitrogens with zero attached hydrogens (tertiary/aromatic N) is 2. The van der Waals surface area contributed by atoms with Gasteiger partial charge >= 0.3 is 0 Å². The van der Waals surface area contributed by atoms with Crippen molar-refractivity contribution in [2.75, 3.05) is 24.7 Å². The van der Waals surface area contributed by atoms with Crippen LogP contribution in [0.15, 0.2) is 0 Å². The molecule has 0 aromatic carbocycles. The smallest absolute Gasteiger partial charge is 0.200 e. The molecular weight excluding hydrogens is 196 g/mol. The number of nitrogens with two attached hydrogens (primary N) is 1. The van der Waals surface area contributed by atoms with Crippen LogP contribution in [-0.2, 0) is 0 Å². The molecule has 1 heterocycles. The topological polar surface area (TPSA) is 57.9 Å². The Morgan fingerprint density at radius 3 is 2.67 bits per heavy atom. The molecule has 4 nitrogen and oxygen atoms in total. The quantitative estimate of drug-likeness (QED) is 0.680. The lowest BCUT2D eigenvalue weighted by atomic mass is 10.5. The standard InChI is InChI=1S/C6H9ClN4S/c1-11(2)5-3(7)4(8)9-6(12)10-5/h1-2H3,(H3,8,9,10,12). The number of nitrogens with one attached hydrogen (secondary N) is 1. The lowest BCUT2D eigenvalue weighted by Gasteiger charge is -2.13. The molecule has 0 atom stereocenters. The summed E-state index contributed by atoms with van der Waals surface area (Å²) in [4.78, 5) is 8.42. The largest absolute Gasteiger partial charge is 0.384 e. The summed E-state index contributed by atoms with van der Waals surface area (Å²) in [7, 11) is 3.64. The highest BCUT2D eigenvalue weighted by Gasteiger charge is 2.07. The molecule has 1 rings (SSSR count). The first-order valence-electron chi connectivity index (χ1n) is 3.25. The van der Waals surface area contributed by atoms with Gasteiger partial charge < -0.3 is 15.6 Å². The lowest BCUT2D eigenvalue weighted by molar-refractivity contribution is 1.03. The molecule has 6 heteroatoms. The summed E-state index contributed by atoms with van der Waals surface area (Å²) in [6, 6.07) is 0. The molecule has 0 amide bonds. The van der Waals surface area contributed by atoms with Crippen LogP contribution in [-0.4, -0.2) is 24.1 Å². The van der Waals surface area contributed by atoms with E-state index < -0.39 is 0 Å². The fourth-order valence-electron chi connectivity index (χ4n) is 0.760. The Bertz CT molecular complexity index is 346. The molecule has 12 heavy (non-hydrogen) atoms. The van der Waals surface area contributed by atoms with Gasteiger partial charge in [-0.15, -0.1) is 0 Å². The van der Waals surface area contributed by atoms with Crippen LogP contribution in [0.25, 0.3) is 0 Å². The maximum Gasteiger partial charge on any atom is 0.200 e. The van der Waals surface area contributed by atoms with E-state index in [2.05, 4.69) is 9.97 Å². The van der Waals surface area contributed by atoms with Gasteiger partial charge in [-0.05, 0) is 12.2 Å². The Morgan fingerprint density at radius 1 is 1.58 bits per heavy atom. The van der Waals surface area contributed by atoms with Crippen molar-refractivity contribution < 1.29 is 0 Å². The summed E-state index contributed by atoms with van der Waals surface area (Å²) < 4.78 is 0.334. The van der Waals surface area contributed by atoms with Crippen LogP contribution in [0.2, 0.25) is 5.02 Å². The third kappa shape index (κ3) is 1.67. The Kier molecular flexibility index (Phi) is 2.54. The summed E-state index contributed by atoms with van der Waals surface area (Å²) >= 11 is 10.7.